The third kappa shape index (κ3) is 3.93. The molecule has 1 aromatic rings. The third-order valence-corrected chi connectivity index (χ3v) is 4.13. The van der Waals surface area contributed by atoms with Crippen LogP contribution in [0.2, 0.25) is 0 Å². The molecule has 3 heteroatoms. The van der Waals surface area contributed by atoms with Crippen molar-refractivity contribution in [3.8, 4) is 0 Å². The van der Waals surface area contributed by atoms with Crippen LogP contribution in [0.3, 0.4) is 0 Å². The lowest BCUT2D eigenvalue weighted by Crippen LogP contribution is -2.34. The molecule has 19 heavy (non-hydrogen) atoms. The first-order valence-corrected chi connectivity index (χ1v) is 7.39. The van der Waals surface area contributed by atoms with Crippen molar-refractivity contribution in [2.75, 3.05) is 18.0 Å². The molecule has 2 atom stereocenters. The average molecular weight is 265 g/mol. The molecule has 0 bridgehead atoms. The lowest BCUT2D eigenvalue weighted by Gasteiger charge is -2.30. The van der Waals surface area contributed by atoms with Crippen LogP contribution in [-0.2, 0) is 0 Å². The first-order chi connectivity index (χ1) is 9.20. The van der Waals surface area contributed by atoms with Gasteiger partial charge >= 0.3 is 0 Å². The Bertz CT molecular complexity index is 396. The van der Waals surface area contributed by atoms with E-state index in [2.05, 4.69) is 11.8 Å². The lowest BCUT2D eigenvalue weighted by molar-refractivity contribution is 0.104. The number of aliphatic hydroxyl groups excluding tert-OH is 1. The smallest absolute Gasteiger partial charge is 0.125 e. The molecule has 0 aliphatic heterocycles. The molecule has 2 unspecified atom stereocenters. The zero-order valence-electron chi connectivity index (χ0n) is 11.7. The van der Waals surface area contributed by atoms with Crippen molar-refractivity contribution < 1.29 is 9.50 Å². The van der Waals surface area contributed by atoms with Crippen molar-refractivity contribution in [2.45, 2.75) is 45.1 Å². The van der Waals surface area contributed by atoms with E-state index in [9.17, 15) is 9.50 Å². The van der Waals surface area contributed by atoms with E-state index < -0.39 is 0 Å². The predicted molar refractivity (Wildman–Crippen MR) is 76.9 cm³/mol. The Labute approximate surface area is 115 Å². The van der Waals surface area contributed by atoms with Crippen molar-refractivity contribution in [1.29, 1.82) is 0 Å². The molecule has 1 saturated carbocycles. The van der Waals surface area contributed by atoms with Gasteiger partial charge in [0.1, 0.15) is 5.82 Å². The molecule has 0 radical (unpaired) electrons. The summed E-state index contributed by atoms with van der Waals surface area (Å²) < 4.78 is 13.3. The predicted octanol–water partition coefficient (Wildman–Crippen LogP) is 3.59. The van der Waals surface area contributed by atoms with Gasteiger partial charge in [0.25, 0.3) is 0 Å². The minimum atomic E-state index is -0.204. The van der Waals surface area contributed by atoms with Gasteiger partial charge in [0.05, 0.1) is 6.10 Å². The van der Waals surface area contributed by atoms with Gasteiger partial charge in [-0.2, -0.15) is 0 Å². The second kappa shape index (κ2) is 6.90. The summed E-state index contributed by atoms with van der Waals surface area (Å²) in [6.07, 6.45) is 5.33. The highest BCUT2D eigenvalue weighted by Gasteiger charge is 2.23. The Morgan fingerprint density at radius 1 is 1.26 bits per heavy atom. The zero-order valence-corrected chi connectivity index (χ0v) is 11.7. The van der Waals surface area contributed by atoms with Gasteiger partial charge in [-0.05, 0) is 38.0 Å². The van der Waals surface area contributed by atoms with Crippen molar-refractivity contribution in [3.05, 3.63) is 30.1 Å². The maximum atomic E-state index is 13.3. The second-order valence-electron chi connectivity index (χ2n) is 5.48. The maximum absolute atomic E-state index is 13.3. The van der Waals surface area contributed by atoms with Gasteiger partial charge in [-0.1, -0.05) is 25.3 Å². The molecule has 1 aromatic carbocycles. The Hall–Kier alpha value is -1.09. The molecule has 0 saturated heterocycles. The maximum Gasteiger partial charge on any atom is 0.125 e. The Morgan fingerprint density at radius 2 is 2.05 bits per heavy atom. The van der Waals surface area contributed by atoms with E-state index in [0.29, 0.717) is 5.92 Å². The van der Waals surface area contributed by atoms with Crippen LogP contribution >= 0.6 is 0 Å². The molecule has 2 rings (SSSR count). The Morgan fingerprint density at radius 3 is 2.79 bits per heavy atom. The summed E-state index contributed by atoms with van der Waals surface area (Å²) in [5, 5.41) is 10.2. The van der Waals surface area contributed by atoms with Gasteiger partial charge < -0.3 is 10.0 Å². The van der Waals surface area contributed by atoms with Crippen LogP contribution in [0.15, 0.2) is 24.3 Å². The molecule has 1 fully saturated rings. The summed E-state index contributed by atoms with van der Waals surface area (Å²) in [6.45, 7) is 3.74. The molecule has 1 aliphatic rings. The fraction of sp³-hybridized carbons (Fsp3) is 0.625. The highest BCUT2D eigenvalue weighted by atomic mass is 19.1. The van der Waals surface area contributed by atoms with E-state index in [1.165, 1.54) is 18.9 Å². The van der Waals surface area contributed by atoms with Crippen molar-refractivity contribution in [3.63, 3.8) is 0 Å². The van der Waals surface area contributed by atoms with Crippen molar-refractivity contribution in [2.24, 2.45) is 5.92 Å². The number of rotatable bonds is 4. The molecule has 1 N–H and O–H groups in total. The first-order valence-electron chi connectivity index (χ1n) is 7.39. The molecule has 1 aliphatic carbocycles. The number of hydrogen-bond donors (Lipinski definition) is 1. The summed E-state index contributed by atoms with van der Waals surface area (Å²) in [5.41, 5.74) is 0.916. The lowest BCUT2D eigenvalue weighted by atomic mass is 9.96. The van der Waals surface area contributed by atoms with Crippen LogP contribution in [0.5, 0.6) is 0 Å². The molecular formula is C16H24FNO. The standard InChI is InChI=1S/C16H24FNO/c1-2-18(15-9-6-8-14(17)11-15)12-13-7-4-3-5-10-16(13)19/h6,8-9,11,13,16,19H,2-5,7,10,12H2,1H3. The fourth-order valence-electron chi connectivity index (χ4n) is 2.95. The number of aliphatic hydroxyl groups is 1. The Kier molecular flexibility index (Phi) is 5.20. The minimum absolute atomic E-state index is 0.197. The molecule has 2 nitrogen and oxygen atoms in total. The van der Waals surface area contributed by atoms with Crippen molar-refractivity contribution >= 4 is 5.69 Å². The monoisotopic (exact) mass is 265 g/mol. The topological polar surface area (TPSA) is 23.5 Å². The number of benzene rings is 1. The van der Waals surface area contributed by atoms with Gasteiger partial charge in [-0.25, -0.2) is 4.39 Å². The van der Waals surface area contributed by atoms with Gasteiger partial charge in [0, 0.05) is 24.7 Å². The van der Waals surface area contributed by atoms with E-state index in [-0.39, 0.29) is 11.9 Å². The number of anilines is 1. The van der Waals surface area contributed by atoms with E-state index >= 15 is 0 Å². The van der Waals surface area contributed by atoms with Gasteiger partial charge in [-0.15, -0.1) is 0 Å². The van der Waals surface area contributed by atoms with Crippen molar-refractivity contribution in [1.82, 2.24) is 0 Å². The largest absolute Gasteiger partial charge is 0.393 e. The molecule has 0 heterocycles. The summed E-state index contributed by atoms with van der Waals surface area (Å²) in [6, 6.07) is 6.73. The van der Waals surface area contributed by atoms with E-state index in [1.807, 2.05) is 6.07 Å². The van der Waals surface area contributed by atoms with Crippen LogP contribution in [0, 0.1) is 11.7 Å². The number of nitrogens with zero attached hydrogens (tertiary/aromatic N) is 1. The molecular weight excluding hydrogens is 241 g/mol. The average Bonchev–Trinajstić information content (AvgIpc) is 2.61. The summed E-state index contributed by atoms with van der Waals surface area (Å²) in [5.74, 6) is 0.114. The SMILES string of the molecule is CCN(CC1CCCCCC1O)c1cccc(F)c1. The molecule has 0 aromatic heterocycles. The normalized spacial score (nSPS) is 23.9. The van der Waals surface area contributed by atoms with Crippen LogP contribution in [-0.4, -0.2) is 24.3 Å². The second-order valence-corrected chi connectivity index (χ2v) is 5.48. The van der Waals surface area contributed by atoms with E-state index in [4.69, 9.17) is 0 Å². The molecule has 0 amide bonds. The zero-order chi connectivity index (χ0) is 13.7. The van der Waals surface area contributed by atoms with Gasteiger partial charge in [0.2, 0.25) is 0 Å². The number of hydrogen-bond acceptors (Lipinski definition) is 2. The van der Waals surface area contributed by atoms with Crippen LogP contribution in [0.25, 0.3) is 0 Å². The highest BCUT2D eigenvalue weighted by molar-refractivity contribution is 5.46. The number of halogens is 1. The van der Waals surface area contributed by atoms with Crippen LogP contribution < -0.4 is 4.90 Å². The molecule has 0 spiro atoms. The Balaban J connectivity index is 2.05. The van der Waals surface area contributed by atoms with E-state index in [1.54, 1.807) is 12.1 Å². The minimum Gasteiger partial charge on any atom is -0.393 e. The summed E-state index contributed by atoms with van der Waals surface area (Å²) >= 11 is 0. The van der Waals surface area contributed by atoms with Crippen LogP contribution in [0.1, 0.15) is 39.0 Å². The van der Waals surface area contributed by atoms with Gasteiger partial charge in [0.15, 0.2) is 0 Å². The fourth-order valence-corrected chi connectivity index (χ4v) is 2.95. The highest BCUT2D eigenvalue weighted by Crippen LogP contribution is 2.26. The van der Waals surface area contributed by atoms with Gasteiger partial charge in [-0.3, -0.25) is 0 Å². The first kappa shape index (κ1) is 14.3. The summed E-state index contributed by atoms with van der Waals surface area (Å²) in [4.78, 5) is 2.17. The van der Waals surface area contributed by atoms with Crippen LogP contribution in [0.4, 0.5) is 10.1 Å². The summed E-state index contributed by atoms with van der Waals surface area (Å²) in [7, 11) is 0. The van der Waals surface area contributed by atoms with E-state index in [0.717, 1.165) is 38.0 Å². The quantitative estimate of drug-likeness (QED) is 0.841. The molecule has 106 valence electrons. The third-order valence-electron chi connectivity index (χ3n) is 4.13.